The number of amides is 1. The van der Waals surface area contributed by atoms with E-state index in [4.69, 9.17) is 0 Å². The normalized spacial score (nSPS) is 18.9. The third-order valence-electron chi connectivity index (χ3n) is 4.64. The molecule has 3 nitrogen and oxygen atoms in total. The molecule has 3 heteroatoms. The van der Waals surface area contributed by atoms with Crippen molar-refractivity contribution < 1.29 is 4.79 Å². The van der Waals surface area contributed by atoms with Crippen LogP contribution in [0.3, 0.4) is 0 Å². The second-order valence-electron chi connectivity index (χ2n) is 6.60. The molecule has 114 valence electrons. The number of hydrogen-bond donors (Lipinski definition) is 1. The highest BCUT2D eigenvalue weighted by molar-refractivity contribution is 5.79. The molecule has 2 aliphatic carbocycles. The quantitative estimate of drug-likeness (QED) is 0.872. The van der Waals surface area contributed by atoms with Crippen molar-refractivity contribution in [2.75, 3.05) is 6.54 Å². The molecule has 0 unspecified atom stereocenters. The zero-order valence-corrected chi connectivity index (χ0v) is 13.0. The van der Waals surface area contributed by atoms with E-state index in [0.717, 1.165) is 6.54 Å². The summed E-state index contributed by atoms with van der Waals surface area (Å²) in [7, 11) is 0. The summed E-state index contributed by atoms with van der Waals surface area (Å²) in [5.74, 6) is 0.269. The lowest BCUT2D eigenvalue weighted by atomic mass is 10.1. The van der Waals surface area contributed by atoms with E-state index in [-0.39, 0.29) is 5.91 Å². The Morgan fingerprint density at radius 1 is 1.24 bits per heavy atom. The van der Waals surface area contributed by atoms with E-state index in [2.05, 4.69) is 41.4 Å². The predicted octanol–water partition coefficient (Wildman–Crippen LogP) is 3.02. The molecule has 0 saturated heterocycles. The van der Waals surface area contributed by atoms with E-state index in [1.165, 1.54) is 49.7 Å². The van der Waals surface area contributed by atoms with Crippen LogP contribution in [0.1, 0.15) is 49.7 Å². The highest BCUT2D eigenvalue weighted by atomic mass is 16.2. The van der Waals surface area contributed by atoms with Gasteiger partial charge in [0.05, 0.1) is 6.54 Å². The van der Waals surface area contributed by atoms with Crippen LogP contribution in [-0.4, -0.2) is 29.4 Å². The molecule has 3 rings (SSSR count). The van der Waals surface area contributed by atoms with Gasteiger partial charge in [0, 0.05) is 18.6 Å². The fourth-order valence-corrected chi connectivity index (χ4v) is 3.28. The van der Waals surface area contributed by atoms with Crippen LogP contribution in [0.2, 0.25) is 0 Å². The van der Waals surface area contributed by atoms with Crippen molar-refractivity contribution in [3.63, 3.8) is 0 Å². The van der Waals surface area contributed by atoms with Crippen LogP contribution in [0.25, 0.3) is 0 Å². The number of nitrogens with zero attached hydrogens (tertiary/aromatic N) is 1. The van der Waals surface area contributed by atoms with Gasteiger partial charge in [-0.15, -0.1) is 0 Å². The monoisotopic (exact) mass is 286 g/mol. The van der Waals surface area contributed by atoms with Crippen LogP contribution in [0.5, 0.6) is 0 Å². The maximum absolute atomic E-state index is 12.5. The number of hydrogen-bond acceptors (Lipinski definition) is 2. The molecule has 1 aromatic rings. The third kappa shape index (κ3) is 4.07. The average Bonchev–Trinajstić information content (AvgIpc) is 3.18. The van der Waals surface area contributed by atoms with E-state index in [0.29, 0.717) is 18.6 Å². The van der Waals surface area contributed by atoms with Crippen molar-refractivity contribution in [1.29, 1.82) is 0 Å². The van der Waals surface area contributed by atoms with Crippen LogP contribution < -0.4 is 5.32 Å². The van der Waals surface area contributed by atoms with Gasteiger partial charge in [-0.3, -0.25) is 4.79 Å². The first-order chi connectivity index (χ1) is 10.2. The lowest BCUT2D eigenvalue weighted by molar-refractivity contribution is -0.131. The van der Waals surface area contributed by atoms with Crippen molar-refractivity contribution >= 4 is 5.91 Å². The van der Waals surface area contributed by atoms with Gasteiger partial charge in [-0.1, -0.05) is 42.7 Å². The third-order valence-corrected chi connectivity index (χ3v) is 4.64. The Morgan fingerprint density at radius 3 is 2.67 bits per heavy atom. The summed E-state index contributed by atoms with van der Waals surface area (Å²) >= 11 is 0. The van der Waals surface area contributed by atoms with Gasteiger partial charge in [-0.2, -0.15) is 0 Å². The Bertz CT molecular complexity index is 490. The van der Waals surface area contributed by atoms with Gasteiger partial charge < -0.3 is 10.2 Å². The van der Waals surface area contributed by atoms with Crippen LogP contribution in [0, 0.1) is 6.92 Å². The minimum Gasteiger partial charge on any atom is -0.334 e. The Kier molecular flexibility index (Phi) is 4.59. The zero-order valence-electron chi connectivity index (χ0n) is 13.0. The maximum Gasteiger partial charge on any atom is 0.237 e. The Balaban J connectivity index is 1.57. The predicted molar refractivity (Wildman–Crippen MR) is 85.0 cm³/mol. The molecule has 0 heterocycles. The van der Waals surface area contributed by atoms with Crippen molar-refractivity contribution in [2.24, 2.45) is 0 Å². The SMILES string of the molecule is Cc1cccc(CN(C(=O)CNC2CCCC2)C2CC2)c1. The molecule has 0 bridgehead atoms. The number of nitrogens with one attached hydrogen (secondary N) is 1. The highest BCUT2D eigenvalue weighted by Gasteiger charge is 2.32. The second-order valence-corrected chi connectivity index (χ2v) is 6.60. The first kappa shape index (κ1) is 14.6. The molecule has 1 N–H and O–H groups in total. The molecular formula is C18H26N2O. The van der Waals surface area contributed by atoms with Crippen molar-refractivity contribution in [1.82, 2.24) is 10.2 Å². The minimum atomic E-state index is 0.269. The molecule has 2 saturated carbocycles. The van der Waals surface area contributed by atoms with Crippen molar-refractivity contribution in [2.45, 2.75) is 64.1 Å². The number of rotatable bonds is 6. The van der Waals surface area contributed by atoms with Crippen molar-refractivity contribution in [3.05, 3.63) is 35.4 Å². The molecule has 0 aromatic heterocycles. The maximum atomic E-state index is 12.5. The number of carbonyl (C=O) groups excluding carboxylic acids is 1. The molecule has 0 atom stereocenters. The number of aryl methyl sites for hydroxylation is 1. The standard InChI is InChI=1S/C18H26N2O/c1-14-5-4-6-15(11-14)13-20(17-9-10-17)18(21)12-19-16-7-2-3-8-16/h4-6,11,16-17,19H,2-3,7-10,12-13H2,1H3. The summed E-state index contributed by atoms with van der Waals surface area (Å²) in [5.41, 5.74) is 2.51. The average molecular weight is 286 g/mol. The molecule has 0 spiro atoms. The molecule has 1 amide bonds. The lowest BCUT2D eigenvalue weighted by Gasteiger charge is -2.24. The summed E-state index contributed by atoms with van der Waals surface area (Å²) in [6, 6.07) is 9.54. The molecule has 0 aliphatic heterocycles. The van der Waals surface area contributed by atoms with E-state index in [9.17, 15) is 4.79 Å². The van der Waals surface area contributed by atoms with Gasteiger partial charge in [0.2, 0.25) is 5.91 Å². The smallest absolute Gasteiger partial charge is 0.237 e. The molecule has 2 aliphatic rings. The minimum absolute atomic E-state index is 0.269. The van der Waals surface area contributed by atoms with Crippen LogP contribution in [0.15, 0.2) is 24.3 Å². The van der Waals surface area contributed by atoms with Gasteiger partial charge in [0.1, 0.15) is 0 Å². The largest absolute Gasteiger partial charge is 0.334 e. The lowest BCUT2D eigenvalue weighted by Crippen LogP contribution is -2.41. The zero-order chi connectivity index (χ0) is 14.7. The topological polar surface area (TPSA) is 32.3 Å². The van der Waals surface area contributed by atoms with Gasteiger partial charge in [0.15, 0.2) is 0 Å². The fraction of sp³-hybridized carbons (Fsp3) is 0.611. The van der Waals surface area contributed by atoms with E-state index in [1.807, 2.05) is 0 Å². The number of carbonyl (C=O) groups is 1. The Morgan fingerprint density at radius 2 is 2.00 bits per heavy atom. The first-order valence-electron chi connectivity index (χ1n) is 8.31. The molecule has 0 radical (unpaired) electrons. The van der Waals surface area contributed by atoms with Gasteiger partial charge in [0.25, 0.3) is 0 Å². The van der Waals surface area contributed by atoms with Crippen LogP contribution >= 0.6 is 0 Å². The highest BCUT2D eigenvalue weighted by Crippen LogP contribution is 2.28. The van der Waals surface area contributed by atoms with E-state index in [1.54, 1.807) is 0 Å². The summed E-state index contributed by atoms with van der Waals surface area (Å²) in [6.45, 7) is 3.37. The van der Waals surface area contributed by atoms with E-state index >= 15 is 0 Å². The summed E-state index contributed by atoms with van der Waals surface area (Å²) < 4.78 is 0. The second kappa shape index (κ2) is 6.61. The number of benzene rings is 1. The fourth-order valence-electron chi connectivity index (χ4n) is 3.28. The van der Waals surface area contributed by atoms with Gasteiger partial charge >= 0.3 is 0 Å². The van der Waals surface area contributed by atoms with E-state index < -0.39 is 0 Å². The molecule has 21 heavy (non-hydrogen) atoms. The van der Waals surface area contributed by atoms with Crippen LogP contribution in [-0.2, 0) is 11.3 Å². The van der Waals surface area contributed by atoms with Gasteiger partial charge in [-0.05, 0) is 38.2 Å². The Labute approximate surface area is 127 Å². The first-order valence-corrected chi connectivity index (χ1v) is 8.31. The van der Waals surface area contributed by atoms with Crippen LogP contribution in [0.4, 0.5) is 0 Å². The van der Waals surface area contributed by atoms with Gasteiger partial charge in [-0.25, -0.2) is 0 Å². The summed E-state index contributed by atoms with van der Waals surface area (Å²) in [4.78, 5) is 14.6. The Hall–Kier alpha value is -1.35. The molecular weight excluding hydrogens is 260 g/mol. The summed E-state index contributed by atoms with van der Waals surface area (Å²) in [6.07, 6.45) is 7.41. The molecule has 2 fully saturated rings. The van der Waals surface area contributed by atoms with Crippen molar-refractivity contribution in [3.8, 4) is 0 Å². The molecule has 1 aromatic carbocycles. The summed E-state index contributed by atoms with van der Waals surface area (Å²) in [5, 5.41) is 3.45.